The summed E-state index contributed by atoms with van der Waals surface area (Å²) < 4.78 is 82.0. The first-order valence-corrected chi connectivity index (χ1v) is 25.2. The van der Waals surface area contributed by atoms with Crippen LogP contribution in [0.2, 0.25) is 0 Å². The van der Waals surface area contributed by atoms with Crippen molar-refractivity contribution >= 4 is 40.6 Å². The second kappa shape index (κ2) is 20.9. The number of allylic oxidation sites excluding steroid dienone is 2. The lowest BCUT2D eigenvalue weighted by Gasteiger charge is -2.48. The van der Waals surface area contributed by atoms with E-state index in [1.54, 1.807) is 23.5 Å². The number of halogens is 6. The van der Waals surface area contributed by atoms with E-state index >= 15 is 0 Å². The molecular weight excluding hydrogens is 969 g/mol. The molecule has 3 aromatic heterocycles. The maximum absolute atomic E-state index is 14.0. The topological polar surface area (TPSA) is 188 Å². The molecule has 0 spiro atoms. The van der Waals surface area contributed by atoms with Crippen LogP contribution in [0.3, 0.4) is 0 Å². The van der Waals surface area contributed by atoms with Gasteiger partial charge in [-0.05, 0) is 99.3 Å². The average molecular weight is 1030 g/mol. The highest BCUT2D eigenvalue weighted by Gasteiger charge is 2.42. The van der Waals surface area contributed by atoms with E-state index in [4.69, 9.17) is 0 Å². The lowest BCUT2D eigenvalue weighted by Crippen LogP contribution is -2.63. The number of rotatable bonds is 15. The van der Waals surface area contributed by atoms with Gasteiger partial charge in [-0.15, -0.1) is 0 Å². The van der Waals surface area contributed by atoms with Gasteiger partial charge in [0.2, 0.25) is 11.8 Å². The molecule has 6 heterocycles. The van der Waals surface area contributed by atoms with Crippen molar-refractivity contribution in [2.45, 2.75) is 112 Å². The Labute approximate surface area is 423 Å². The number of nitrogens with zero attached hydrogens (tertiary/aromatic N) is 8. The number of hydrogen-bond donors (Lipinski definition) is 6. The van der Waals surface area contributed by atoms with Crippen molar-refractivity contribution in [3.8, 4) is 0 Å². The van der Waals surface area contributed by atoms with Crippen LogP contribution in [0.5, 0.6) is 0 Å². The molecule has 4 aromatic rings. The van der Waals surface area contributed by atoms with Crippen molar-refractivity contribution < 1.29 is 41.0 Å². The fraction of sp³-hybridized carbons (Fsp3) is 0.481. The second-order valence-corrected chi connectivity index (χ2v) is 20.2. The minimum atomic E-state index is -4.59. The number of aliphatic hydroxyl groups is 1. The molecule has 2 amide bonds. The fourth-order valence-electron chi connectivity index (χ4n) is 11.3. The van der Waals surface area contributed by atoms with Crippen molar-refractivity contribution in [1.82, 2.24) is 50.6 Å². The van der Waals surface area contributed by atoms with E-state index in [0.29, 0.717) is 67.5 Å². The molecular formula is C52H59F6N13O3. The summed E-state index contributed by atoms with van der Waals surface area (Å²) in [6.07, 6.45) is 9.36. The summed E-state index contributed by atoms with van der Waals surface area (Å²) >= 11 is 0. The molecule has 0 bridgehead atoms. The van der Waals surface area contributed by atoms with Gasteiger partial charge in [-0.3, -0.25) is 29.4 Å². The van der Waals surface area contributed by atoms with Crippen LogP contribution in [0.25, 0.3) is 10.9 Å². The fourth-order valence-corrected chi connectivity index (χ4v) is 11.3. The lowest BCUT2D eigenvalue weighted by molar-refractivity contribution is -0.137. The standard InChI is InChI=1S/C52H59F6N13O3/c1-59-44-21-60-17-14-40(44)31-2-8-38(9-3-31)69-25-36(26-69)67-47(73)23-63-49-42-19-33(52(56,57)58)6-11-45(42)71(30-66-49)24-35-7-4-34(20-61-35)50(74)15-12-39(13-16-50)70-27-37(28-70)68-46(72)22-62-48-41-18-32(51(53,54)55)5-10-43(41)64-29-65-48/h4-7,10-11,14,17-21,29-31,36-39,45,59,63,74H,2-3,8-9,12-13,15-16,22-28H2,1H3,(H,67,73)(H,68,72)(H,62,64,65). The van der Waals surface area contributed by atoms with Crippen LogP contribution >= 0.6 is 0 Å². The molecule has 22 heteroatoms. The largest absolute Gasteiger partial charge is 0.416 e. The molecule has 1 unspecified atom stereocenters. The number of carbonyl (C=O) groups is 2. The Bertz CT molecular complexity index is 2830. The summed E-state index contributed by atoms with van der Waals surface area (Å²) in [5, 5.41) is 27.1. The number of amides is 2. The van der Waals surface area contributed by atoms with Gasteiger partial charge in [0.05, 0.1) is 83.9 Å². The molecule has 392 valence electrons. The van der Waals surface area contributed by atoms with E-state index in [1.807, 2.05) is 25.5 Å². The number of alkyl halides is 6. The van der Waals surface area contributed by atoms with E-state index in [9.17, 15) is 41.0 Å². The SMILES string of the molecule is CNc1cnccc1C1CCC(N2CC(NC(=O)CNC3=C4C=C(C(F)(F)F)C=CC4N(Cc4ccc(C5(O)CCC(N6CC(NC(=O)CNc7ncnc8ccc(C(F)(F)F)cc78)C6)CC5)cn4)C=N3)C2)CC1. The number of nitrogens with one attached hydrogen (secondary N) is 5. The first-order chi connectivity index (χ1) is 35.5. The number of fused-ring (bicyclic) bond motifs is 2. The van der Waals surface area contributed by atoms with Gasteiger partial charge in [-0.25, -0.2) is 15.0 Å². The first-order valence-electron chi connectivity index (χ1n) is 25.2. The molecule has 16 nitrogen and oxygen atoms in total. The molecule has 2 saturated carbocycles. The number of pyridine rings is 2. The summed E-state index contributed by atoms with van der Waals surface area (Å²) in [7, 11) is 1.92. The van der Waals surface area contributed by atoms with Gasteiger partial charge in [-0.1, -0.05) is 18.2 Å². The van der Waals surface area contributed by atoms with Gasteiger partial charge < -0.3 is 36.6 Å². The van der Waals surface area contributed by atoms with E-state index < -0.39 is 35.1 Å². The molecule has 0 radical (unpaired) electrons. The zero-order chi connectivity index (χ0) is 51.8. The van der Waals surface area contributed by atoms with Crippen molar-refractivity contribution in [1.29, 1.82) is 0 Å². The molecule has 10 rings (SSSR count). The smallest absolute Gasteiger partial charge is 0.387 e. The Morgan fingerprint density at radius 1 is 0.797 bits per heavy atom. The molecule has 3 aliphatic carbocycles. The van der Waals surface area contributed by atoms with E-state index in [1.165, 1.54) is 24.0 Å². The monoisotopic (exact) mass is 1030 g/mol. The maximum atomic E-state index is 14.0. The van der Waals surface area contributed by atoms with Gasteiger partial charge in [0.25, 0.3) is 0 Å². The third-order valence-corrected chi connectivity index (χ3v) is 15.5. The highest BCUT2D eigenvalue weighted by molar-refractivity contribution is 5.91. The third kappa shape index (κ3) is 11.2. The molecule has 4 fully saturated rings. The third-order valence-electron chi connectivity index (χ3n) is 15.5. The Hall–Kier alpha value is -6.65. The first kappa shape index (κ1) is 50.9. The van der Waals surface area contributed by atoms with Crippen molar-refractivity contribution in [2.75, 3.05) is 56.9 Å². The van der Waals surface area contributed by atoms with E-state index in [0.717, 1.165) is 68.7 Å². The Morgan fingerprint density at radius 2 is 1.49 bits per heavy atom. The van der Waals surface area contributed by atoms with Crippen LogP contribution in [0.1, 0.15) is 79.7 Å². The summed E-state index contributed by atoms with van der Waals surface area (Å²) in [6.45, 7) is 2.63. The molecule has 6 aliphatic rings. The van der Waals surface area contributed by atoms with E-state index in [-0.39, 0.29) is 72.2 Å². The van der Waals surface area contributed by atoms with Crippen LogP contribution in [-0.4, -0.2) is 141 Å². The molecule has 3 aliphatic heterocycles. The highest BCUT2D eigenvalue weighted by Crippen LogP contribution is 2.41. The quantitative estimate of drug-likeness (QED) is 0.0749. The number of anilines is 2. The van der Waals surface area contributed by atoms with Crippen molar-refractivity contribution in [3.63, 3.8) is 0 Å². The summed E-state index contributed by atoms with van der Waals surface area (Å²) in [5.74, 6) is 0.219. The van der Waals surface area contributed by atoms with E-state index in [2.05, 4.69) is 67.4 Å². The molecule has 1 atom stereocenters. The Balaban J connectivity index is 0.668. The van der Waals surface area contributed by atoms with Gasteiger partial charge in [0, 0.05) is 74.2 Å². The Kier molecular flexibility index (Phi) is 14.4. The van der Waals surface area contributed by atoms with Crippen molar-refractivity contribution in [3.05, 3.63) is 119 Å². The summed E-state index contributed by atoms with van der Waals surface area (Å²) in [5.41, 5.74) is 1.51. The molecule has 1 aromatic carbocycles. The summed E-state index contributed by atoms with van der Waals surface area (Å²) in [6, 6.07) is 8.86. The summed E-state index contributed by atoms with van der Waals surface area (Å²) in [4.78, 5) is 53.9. The van der Waals surface area contributed by atoms with Gasteiger partial charge in [0.1, 0.15) is 18.0 Å². The normalized spacial score (nSPS) is 24.9. The maximum Gasteiger partial charge on any atom is 0.416 e. The van der Waals surface area contributed by atoms with Crippen molar-refractivity contribution in [2.24, 2.45) is 4.99 Å². The molecule has 2 saturated heterocycles. The number of aromatic nitrogens is 4. The number of benzene rings is 1. The number of likely N-dealkylation sites (tertiary alicyclic amines) is 2. The second-order valence-electron chi connectivity index (χ2n) is 20.2. The van der Waals surface area contributed by atoms with Crippen LogP contribution in [0, 0.1) is 0 Å². The average Bonchev–Trinajstić information content (AvgIpc) is 3.37. The molecule has 6 N–H and O–H groups in total. The van der Waals surface area contributed by atoms with Crippen LogP contribution in [0.15, 0.2) is 102 Å². The van der Waals surface area contributed by atoms with Gasteiger partial charge in [0.15, 0.2) is 0 Å². The van der Waals surface area contributed by atoms with Gasteiger partial charge in [-0.2, -0.15) is 26.3 Å². The Morgan fingerprint density at radius 3 is 2.14 bits per heavy atom. The van der Waals surface area contributed by atoms with Crippen LogP contribution < -0.4 is 26.6 Å². The minimum Gasteiger partial charge on any atom is -0.387 e. The zero-order valence-corrected chi connectivity index (χ0v) is 40.8. The number of aliphatic imine (C=N–C) groups is 1. The number of carbonyl (C=O) groups excluding carboxylic acids is 2. The van der Waals surface area contributed by atoms with Crippen LogP contribution in [-0.2, 0) is 27.9 Å². The minimum absolute atomic E-state index is 0.00930. The lowest BCUT2D eigenvalue weighted by atomic mass is 9.77. The van der Waals surface area contributed by atoms with Crippen LogP contribution in [0.4, 0.5) is 37.8 Å². The predicted octanol–water partition coefficient (Wildman–Crippen LogP) is 6.12. The molecule has 74 heavy (non-hydrogen) atoms. The predicted molar refractivity (Wildman–Crippen MR) is 265 cm³/mol. The highest BCUT2D eigenvalue weighted by atomic mass is 19.4. The van der Waals surface area contributed by atoms with Gasteiger partial charge >= 0.3 is 12.4 Å². The number of hydrogen-bond acceptors (Lipinski definition) is 14. The zero-order valence-electron chi connectivity index (χ0n) is 40.8.